The van der Waals surface area contributed by atoms with Crippen molar-refractivity contribution in [3.63, 3.8) is 0 Å². The first-order valence-corrected chi connectivity index (χ1v) is 11.6. The van der Waals surface area contributed by atoms with Gasteiger partial charge >= 0.3 is 0 Å². The Labute approximate surface area is 204 Å². The van der Waals surface area contributed by atoms with Crippen molar-refractivity contribution in [2.45, 2.75) is 19.0 Å². The summed E-state index contributed by atoms with van der Waals surface area (Å²) in [6, 6.07) is 15.0. The number of carbonyl (C=O) groups excluding carboxylic acids is 1. The topological polar surface area (TPSA) is 94.7 Å². The number of rotatable bonds is 7. The van der Waals surface area contributed by atoms with Gasteiger partial charge in [-0.15, -0.1) is 21.5 Å². The van der Waals surface area contributed by atoms with Gasteiger partial charge in [0.2, 0.25) is 5.82 Å². The Hall–Kier alpha value is -4.12. The second-order valence-corrected chi connectivity index (χ2v) is 8.70. The van der Waals surface area contributed by atoms with Gasteiger partial charge in [-0.05, 0) is 46.5 Å². The summed E-state index contributed by atoms with van der Waals surface area (Å²) in [7, 11) is 3.14. The van der Waals surface area contributed by atoms with Crippen LogP contribution in [0.25, 0.3) is 11.4 Å². The van der Waals surface area contributed by atoms with Crippen LogP contribution in [0.1, 0.15) is 22.9 Å². The van der Waals surface area contributed by atoms with Gasteiger partial charge in [0.05, 0.1) is 30.9 Å². The van der Waals surface area contributed by atoms with Crippen LogP contribution in [0, 0.1) is 5.82 Å². The molecule has 11 heteroatoms. The monoisotopic (exact) mass is 492 g/mol. The highest BCUT2D eigenvalue weighted by Crippen LogP contribution is 2.38. The largest absolute Gasteiger partial charge is 0.493 e. The van der Waals surface area contributed by atoms with Crippen LogP contribution in [0.15, 0.2) is 65.1 Å². The van der Waals surface area contributed by atoms with Crippen LogP contribution in [0.4, 0.5) is 4.39 Å². The summed E-state index contributed by atoms with van der Waals surface area (Å²) in [4.78, 5) is 15.6. The standard InChI is InChI=1S/C24H21FN6O3S/c1-33-20-9-8-15(12-21(20)34-2)19-13-18(22-7-4-10-35-22)27-31(19)23(32)14-30-28-24(26-29-30)16-5-3-6-17(25)11-16/h3-12,19H,13-14H2,1-2H3. The van der Waals surface area contributed by atoms with E-state index in [1.165, 1.54) is 21.9 Å². The zero-order valence-corrected chi connectivity index (χ0v) is 19.8. The van der Waals surface area contributed by atoms with Crippen molar-refractivity contribution in [3.8, 4) is 22.9 Å². The van der Waals surface area contributed by atoms with Crippen molar-refractivity contribution in [1.82, 2.24) is 25.2 Å². The van der Waals surface area contributed by atoms with E-state index in [1.54, 1.807) is 37.7 Å². The third-order valence-corrected chi connectivity index (χ3v) is 6.50. The van der Waals surface area contributed by atoms with Crippen molar-refractivity contribution in [2.75, 3.05) is 14.2 Å². The summed E-state index contributed by atoms with van der Waals surface area (Å²) in [6.07, 6.45) is 0.543. The predicted molar refractivity (Wildman–Crippen MR) is 128 cm³/mol. The van der Waals surface area contributed by atoms with Gasteiger partial charge < -0.3 is 9.47 Å². The number of benzene rings is 2. The highest BCUT2D eigenvalue weighted by molar-refractivity contribution is 7.12. The van der Waals surface area contributed by atoms with Gasteiger partial charge in [-0.25, -0.2) is 9.40 Å². The molecule has 4 aromatic rings. The second-order valence-electron chi connectivity index (χ2n) is 7.75. The number of halogens is 1. The third kappa shape index (κ3) is 4.62. The van der Waals surface area contributed by atoms with Crippen LogP contribution >= 0.6 is 11.3 Å². The molecule has 0 bridgehead atoms. The average Bonchev–Trinajstić information content (AvgIpc) is 3.64. The minimum absolute atomic E-state index is 0.173. The molecule has 9 nitrogen and oxygen atoms in total. The van der Waals surface area contributed by atoms with Crippen LogP contribution < -0.4 is 9.47 Å². The molecular formula is C24H21FN6O3S. The molecule has 0 aliphatic carbocycles. The Morgan fingerprint density at radius 2 is 1.97 bits per heavy atom. The van der Waals surface area contributed by atoms with Crippen molar-refractivity contribution >= 4 is 23.0 Å². The average molecular weight is 493 g/mol. The Balaban J connectivity index is 1.42. The molecule has 1 aliphatic heterocycles. The molecule has 3 heterocycles. The Morgan fingerprint density at radius 3 is 2.71 bits per heavy atom. The molecule has 1 atom stereocenters. The number of tetrazole rings is 1. The number of ether oxygens (including phenoxy) is 2. The molecule has 2 aromatic carbocycles. The second kappa shape index (κ2) is 9.63. The molecule has 0 saturated heterocycles. The van der Waals surface area contributed by atoms with Crippen molar-refractivity contribution < 1.29 is 18.7 Å². The van der Waals surface area contributed by atoms with E-state index in [-0.39, 0.29) is 24.3 Å². The minimum Gasteiger partial charge on any atom is -0.493 e. The molecule has 5 rings (SSSR count). The first-order valence-electron chi connectivity index (χ1n) is 10.7. The molecule has 0 N–H and O–H groups in total. The normalized spacial score (nSPS) is 15.2. The molecule has 178 valence electrons. The fourth-order valence-corrected chi connectivity index (χ4v) is 4.62. The number of hydrogen-bond acceptors (Lipinski definition) is 8. The summed E-state index contributed by atoms with van der Waals surface area (Å²) >= 11 is 1.57. The van der Waals surface area contributed by atoms with E-state index in [0.717, 1.165) is 16.2 Å². The lowest BCUT2D eigenvalue weighted by atomic mass is 10.0. The fourth-order valence-electron chi connectivity index (χ4n) is 3.90. The van der Waals surface area contributed by atoms with Gasteiger partial charge in [0.25, 0.3) is 5.91 Å². The van der Waals surface area contributed by atoms with Crippen molar-refractivity contribution in [3.05, 3.63) is 76.2 Å². The molecule has 0 spiro atoms. The minimum atomic E-state index is -0.403. The van der Waals surface area contributed by atoms with Gasteiger partial charge in [0.1, 0.15) is 12.4 Å². The maximum atomic E-state index is 13.6. The van der Waals surface area contributed by atoms with Crippen molar-refractivity contribution in [1.29, 1.82) is 0 Å². The van der Waals surface area contributed by atoms with E-state index < -0.39 is 5.82 Å². The van der Waals surface area contributed by atoms with Gasteiger partial charge in [-0.2, -0.15) is 9.90 Å². The highest BCUT2D eigenvalue weighted by atomic mass is 32.1. The van der Waals surface area contributed by atoms with E-state index in [0.29, 0.717) is 23.5 Å². The molecule has 0 saturated carbocycles. The zero-order valence-electron chi connectivity index (χ0n) is 19.0. The Morgan fingerprint density at radius 1 is 1.11 bits per heavy atom. The Bertz CT molecular complexity index is 1390. The van der Waals surface area contributed by atoms with E-state index in [2.05, 4.69) is 20.5 Å². The lowest BCUT2D eigenvalue weighted by molar-refractivity contribution is -0.134. The smallest absolute Gasteiger partial charge is 0.266 e. The first kappa shape index (κ1) is 22.7. The van der Waals surface area contributed by atoms with Crippen LogP contribution in [0.5, 0.6) is 11.5 Å². The highest BCUT2D eigenvalue weighted by Gasteiger charge is 2.34. The lowest BCUT2D eigenvalue weighted by Gasteiger charge is -2.22. The zero-order chi connectivity index (χ0) is 24.4. The van der Waals surface area contributed by atoms with E-state index >= 15 is 0 Å². The quantitative estimate of drug-likeness (QED) is 0.388. The summed E-state index contributed by atoms with van der Waals surface area (Å²) in [5, 5.41) is 20.3. The number of thiophene rings is 1. The number of hydrogen-bond donors (Lipinski definition) is 0. The molecule has 35 heavy (non-hydrogen) atoms. The van der Waals surface area contributed by atoms with Gasteiger partial charge in [-0.3, -0.25) is 4.79 Å². The summed E-state index contributed by atoms with van der Waals surface area (Å²) < 4.78 is 24.4. The summed E-state index contributed by atoms with van der Waals surface area (Å²) in [5.74, 6) is 0.695. The molecule has 1 unspecified atom stereocenters. The molecule has 2 aromatic heterocycles. The maximum Gasteiger partial charge on any atom is 0.266 e. The molecule has 0 radical (unpaired) electrons. The van der Waals surface area contributed by atoms with Crippen LogP contribution in [-0.4, -0.2) is 51.1 Å². The fraction of sp³-hybridized carbons (Fsp3) is 0.208. The SMILES string of the molecule is COc1ccc(C2CC(c3cccs3)=NN2C(=O)Cn2nnc(-c3cccc(F)c3)n2)cc1OC. The number of methoxy groups -OCH3 is 2. The van der Waals surface area contributed by atoms with Gasteiger partial charge in [-0.1, -0.05) is 24.3 Å². The predicted octanol–water partition coefficient (Wildman–Crippen LogP) is 3.94. The van der Waals surface area contributed by atoms with Crippen LogP contribution in [0.2, 0.25) is 0 Å². The number of aromatic nitrogens is 4. The molecular weight excluding hydrogens is 471 g/mol. The number of nitrogens with zero attached hydrogens (tertiary/aromatic N) is 6. The van der Waals surface area contributed by atoms with E-state index in [1.807, 2.05) is 35.7 Å². The Kier molecular flexibility index (Phi) is 6.23. The molecule has 1 aliphatic rings. The number of carbonyl (C=O) groups is 1. The van der Waals surface area contributed by atoms with E-state index in [9.17, 15) is 9.18 Å². The summed E-state index contributed by atoms with van der Waals surface area (Å²) in [6.45, 7) is -0.173. The first-order chi connectivity index (χ1) is 17.1. The number of hydrazone groups is 1. The molecule has 1 amide bonds. The van der Waals surface area contributed by atoms with E-state index in [4.69, 9.17) is 9.47 Å². The summed E-state index contributed by atoms with van der Waals surface area (Å²) in [5.41, 5.74) is 2.16. The van der Waals surface area contributed by atoms with Crippen LogP contribution in [0.3, 0.4) is 0 Å². The molecule has 0 fully saturated rings. The maximum absolute atomic E-state index is 13.6. The van der Waals surface area contributed by atoms with Crippen LogP contribution in [-0.2, 0) is 11.3 Å². The number of amides is 1. The lowest BCUT2D eigenvalue weighted by Crippen LogP contribution is -2.31. The third-order valence-electron chi connectivity index (χ3n) is 5.58. The van der Waals surface area contributed by atoms with Crippen molar-refractivity contribution in [2.24, 2.45) is 5.10 Å². The van der Waals surface area contributed by atoms with Gasteiger partial charge in [0.15, 0.2) is 11.5 Å². The van der Waals surface area contributed by atoms with Gasteiger partial charge in [0, 0.05) is 12.0 Å².